The Hall–Kier alpha value is -1.20. The van der Waals surface area contributed by atoms with Crippen LogP contribution in [0.15, 0.2) is 11.6 Å². The predicted molar refractivity (Wildman–Crippen MR) is 46.5 cm³/mol. The number of methoxy groups -OCH3 is 2. The zero-order valence-electron chi connectivity index (χ0n) is 8.11. The van der Waals surface area contributed by atoms with Crippen molar-refractivity contribution in [1.82, 2.24) is 0 Å². The molecule has 1 unspecified atom stereocenters. The van der Waals surface area contributed by atoms with Crippen LogP contribution in [-0.4, -0.2) is 38.9 Å². The van der Waals surface area contributed by atoms with E-state index in [4.69, 9.17) is 9.47 Å². The van der Waals surface area contributed by atoms with Gasteiger partial charge in [-0.25, -0.2) is 4.79 Å². The molecule has 0 aromatic carbocycles. The lowest BCUT2D eigenvalue weighted by atomic mass is 10.1. The van der Waals surface area contributed by atoms with Crippen LogP contribution in [0.1, 0.15) is 6.42 Å². The van der Waals surface area contributed by atoms with Gasteiger partial charge < -0.3 is 14.2 Å². The SMILES string of the molecule is COC(=O)/C=C1\C(=O)CCOC1OC. The molecule has 0 N–H and O–H groups in total. The molecular formula is C9H12O5. The molecule has 0 radical (unpaired) electrons. The predicted octanol–water partition coefficient (Wildman–Crippen LogP) is 0.0477. The first-order valence-electron chi connectivity index (χ1n) is 4.16. The average Bonchev–Trinajstić information content (AvgIpc) is 2.20. The van der Waals surface area contributed by atoms with E-state index in [-0.39, 0.29) is 17.8 Å². The van der Waals surface area contributed by atoms with E-state index in [2.05, 4.69) is 4.74 Å². The van der Waals surface area contributed by atoms with Gasteiger partial charge in [-0.3, -0.25) is 4.79 Å². The topological polar surface area (TPSA) is 61.8 Å². The summed E-state index contributed by atoms with van der Waals surface area (Å²) in [4.78, 5) is 22.3. The molecule has 1 aliphatic heterocycles. The Kier molecular flexibility index (Phi) is 3.79. The summed E-state index contributed by atoms with van der Waals surface area (Å²) in [6, 6.07) is 0. The Morgan fingerprint density at radius 3 is 2.86 bits per heavy atom. The second kappa shape index (κ2) is 4.88. The first-order valence-corrected chi connectivity index (χ1v) is 4.16. The molecule has 5 nitrogen and oxygen atoms in total. The highest BCUT2D eigenvalue weighted by Crippen LogP contribution is 2.17. The molecule has 14 heavy (non-hydrogen) atoms. The lowest BCUT2D eigenvalue weighted by Crippen LogP contribution is -2.31. The van der Waals surface area contributed by atoms with Gasteiger partial charge in [0.15, 0.2) is 12.1 Å². The van der Waals surface area contributed by atoms with Crippen molar-refractivity contribution in [1.29, 1.82) is 0 Å². The summed E-state index contributed by atoms with van der Waals surface area (Å²) >= 11 is 0. The Morgan fingerprint density at radius 1 is 1.57 bits per heavy atom. The van der Waals surface area contributed by atoms with Crippen molar-refractivity contribution in [2.75, 3.05) is 20.8 Å². The Bertz CT molecular complexity index is 268. The molecule has 1 aliphatic rings. The monoisotopic (exact) mass is 200 g/mol. The molecule has 0 saturated carbocycles. The second-order valence-corrected chi connectivity index (χ2v) is 2.73. The van der Waals surface area contributed by atoms with Crippen LogP contribution in [0, 0.1) is 0 Å². The molecule has 1 heterocycles. The molecule has 1 fully saturated rings. The average molecular weight is 200 g/mol. The number of carbonyl (C=O) groups excluding carboxylic acids is 2. The third kappa shape index (κ3) is 2.40. The third-order valence-corrected chi connectivity index (χ3v) is 1.86. The Balaban J connectivity index is 2.83. The van der Waals surface area contributed by atoms with Crippen LogP contribution in [0.25, 0.3) is 0 Å². The molecule has 1 rings (SSSR count). The van der Waals surface area contributed by atoms with E-state index in [0.717, 1.165) is 6.08 Å². The second-order valence-electron chi connectivity index (χ2n) is 2.73. The van der Waals surface area contributed by atoms with Gasteiger partial charge in [-0.15, -0.1) is 0 Å². The molecule has 1 atom stereocenters. The number of ether oxygens (including phenoxy) is 3. The molecule has 0 spiro atoms. The molecule has 0 aromatic rings. The van der Waals surface area contributed by atoms with E-state index in [1.807, 2.05) is 0 Å². The zero-order chi connectivity index (χ0) is 10.6. The quantitative estimate of drug-likeness (QED) is 0.465. The van der Waals surface area contributed by atoms with Gasteiger partial charge in [0.25, 0.3) is 0 Å². The minimum Gasteiger partial charge on any atom is -0.466 e. The van der Waals surface area contributed by atoms with Crippen LogP contribution in [-0.2, 0) is 23.8 Å². The largest absolute Gasteiger partial charge is 0.466 e. The van der Waals surface area contributed by atoms with Crippen LogP contribution in [0.3, 0.4) is 0 Å². The van der Waals surface area contributed by atoms with Gasteiger partial charge in [0, 0.05) is 19.6 Å². The highest BCUT2D eigenvalue weighted by Gasteiger charge is 2.27. The maximum absolute atomic E-state index is 11.4. The number of esters is 1. The van der Waals surface area contributed by atoms with Crippen LogP contribution >= 0.6 is 0 Å². The van der Waals surface area contributed by atoms with Crippen LogP contribution in [0.4, 0.5) is 0 Å². The minimum atomic E-state index is -0.754. The molecular weight excluding hydrogens is 188 g/mol. The molecule has 0 bridgehead atoms. The van der Waals surface area contributed by atoms with Crippen molar-refractivity contribution >= 4 is 11.8 Å². The molecule has 78 valence electrons. The molecule has 0 aliphatic carbocycles. The highest BCUT2D eigenvalue weighted by atomic mass is 16.7. The number of hydrogen-bond donors (Lipinski definition) is 0. The number of Topliss-reactive ketones (excluding diaryl/α,β-unsaturated/α-hetero) is 1. The number of carbonyl (C=O) groups is 2. The van der Waals surface area contributed by atoms with Gasteiger partial charge in [0.05, 0.1) is 19.3 Å². The highest BCUT2D eigenvalue weighted by molar-refractivity contribution is 6.01. The van der Waals surface area contributed by atoms with Gasteiger partial charge >= 0.3 is 5.97 Å². The fourth-order valence-electron chi connectivity index (χ4n) is 1.15. The van der Waals surface area contributed by atoms with Gasteiger partial charge in [0.2, 0.25) is 0 Å². The van der Waals surface area contributed by atoms with E-state index in [1.54, 1.807) is 0 Å². The molecule has 1 saturated heterocycles. The smallest absolute Gasteiger partial charge is 0.331 e. The Labute approximate surface area is 81.6 Å². The van der Waals surface area contributed by atoms with E-state index < -0.39 is 12.3 Å². The van der Waals surface area contributed by atoms with Crippen LogP contribution in [0.5, 0.6) is 0 Å². The maximum atomic E-state index is 11.4. The summed E-state index contributed by atoms with van der Waals surface area (Å²) in [5, 5.41) is 0. The molecule has 5 heteroatoms. The van der Waals surface area contributed by atoms with E-state index in [0.29, 0.717) is 6.61 Å². The minimum absolute atomic E-state index is 0.145. The van der Waals surface area contributed by atoms with E-state index >= 15 is 0 Å². The molecule has 0 aromatic heterocycles. The van der Waals surface area contributed by atoms with Crippen molar-refractivity contribution in [2.24, 2.45) is 0 Å². The van der Waals surface area contributed by atoms with E-state index in [1.165, 1.54) is 14.2 Å². The first-order chi connectivity index (χ1) is 6.69. The van der Waals surface area contributed by atoms with Crippen LogP contribution in [0.2, 0.25) is 0 Å². The third-order valence-electron chi connectivity index (χ3n) is 1.86. The van der Waals surface area contributed by atoms with Crippen molar-refractivity contribution < 1.29 is 23.8 Å². The fraction of sp³-hybridized carbons (Fsp3) is 0.556. The summed E-state index contributed by atoms with van der Waals surface area (Å²) in [7, 11) is 2.66. The Morgan fingerprint density at radius 2 is 2.29 bits per heavy atom. The van der Waals surface area contributed by atoms with Gasteiger partial charge in [-0.1, -0.05) is 0 Å². The first kappa shape index (κ1) is 10.9. The van der Waals surface area contributed by atoms with Crippen molar-refractivity contribution in [3.8, 4) is 0 Å². The van der Waals surface area contributed by atoms with Crippen molar-refractivity contribution in [3.05, 3.63) is 11.6 Å². The summed E-state index contributed by atoms with van der Waals surface area (Å²) in [6.45, 7) is 0.315. The maximum Gasteiger partial charge on any atom is 0.331 e. The number of hydrogen-bond acceptors (Lipinski definition) is 5. The fourth-order valence-corrected chi connectivity index (χ4v) is 1.15. The van der Waals surface area contributed by atoms with Gasteiger partial charge in [-0.2, -0.15) is 0 Å². The van der Waals surface area contributed by atoms with E-state index in [9.17, 15) is 9.59 Å². The lowest BCUT2D eigenvalue weighted by Gasteiger charge is -2.22. The molecule has 0 amide bonds. The summed E-state index contributed by atoms with van der Waals surface area (Å²) in [5.41, 5.74) is 0.214. The summed E-state index contributed by atoms with van der Waals surface area (Å²) < 4.78 is 14.5. The van der Waals surface area contributed by atoms with Crippen LogP contribution < -0.4 is 0 Å². The van der Waals surface area contributed by atoms with Crippen molar-refractivity contribution in [2.45, 2.75) is 12.7 Å². The van der Waals surface area contributed by atoms with Gasteiger partial charge in [-0.05, 0) is 0 Å². The summed E-state index contributed by atoms with van der Waals surface area (Å²) in [5.74, 6) is -0.727. The standard InChI is InChI=1S/C9H12O5/c1-12-8(11)5-6-7(10)3-4-14-9(6)13-2/h5,9H,3-4H2,1-2H3/b6-5+. The summed E-state index contributed by atoms with van der Waals surface area (Å²) in [6.07, 6.45) is 0.619. The van der Waals surface area contributed by atoms with Gasteiger partial charge in [0.1, 0.15) is 0 Å². The number of rotatable bonds is 2. The zero-order valence-corrected chi connectivity index (χ0v) is 8.11. The lowest BCUT2D eigenvalue weighted by molar-refractivity contribution is -0.144. The van der Waals surface area contributed by atoms with Crippen molar-refractivity contribution in [3.63, 3.8) is 0 Å². The number of ketones is 1. The normalized spacial score (nSPS) is 25.1.